The van der Waals surface area contributed by atoms with E-state index in [0.717, 1.165) is 19.8 Å². The van der Waals surface area contributed by atoms with Gasteiger partial charge in [-0.3, -0.25) is 0 Å². The Hall–Kier alpha value is -0.860. The number of hydrogen-bond donors (Lipinski definition) is 1. The van der Waals surface area contributed by atoms with Crippen molar-refractivity contribution in [3.8, 4) is 0 Å². The van der Waals surface area contributed by atoms with Gasteiger partial charge in [0.2, 0.25) is 0 Å². The Kier molecular flexibility index (Phi) is 4.42. The molecule has 1 saturated heterocycles. The summed E-state index contributed by atoms with van der Waals surface area (Å²) >= 11 is 0. The third-order valence-corrected chi connectivity index (χ3v) is 5.24. The molecule has 2 aliphatic rings. The van der Waals surface area contributed by atoms with Crippen molar-refractivity contribution < 1.29 is 4.74 Å². The molecule has 0 bridgehead atoms. The van der Waals surface area contributed by atoms with E-state index >= 15 is 0 Å². The maximum atomic E-state index is 5.68. The Morgan fingerprint density at radius 1 is 1.30 bits per heavy atom. The Labute approximate surface area is 122 Å². The first-order chi connectivity index (χ1) is 9.87. The highest BCUT2D eigenvalue weighted by Gasteiger charge is 2.48. The summed E-state index contributed by atoms with van der Waals surface area (Å²) in [4.78, 5) is 0. The molecular weight excluding hydrogens is 246 g/mol. The van der Waals surface area contributed by atoms with Crippen LogP contribution >= 0.6 is 0 Å². The van der Waals surface area contributed by atoms with Crippen LogP contribution in [0, 0.1) is 5.92 Å². The van der Waals surface area contributed by atoms with Gasteiger partial charge in [0, 0.05) is 24.0 Å². The van der Waals surface area contributed by atoms with Crippen LogP contribution in [0.3, 0.4) is 0 Å². The second-order valence-electron chi connectivity index (χ2n) is 6.43. The van der Waals surface area contributed by atoms with E-state index in [1.54, 1.807) is 0 Å². The minimum absolute atomic E-state index is 0.356. The molecule has 3 rings (SSSR count). The molecule has 20 heavy (non-hydrogen) atoms. The van der Waals surface area contributed by atoms with Crippen LogP contribution < -0.4 is 5.32 Å². The normalized spacial score (nSPS) is 26.1. The molecule has 1 saturated carbocycles. The predicted octanol–water partition coefficient (Wildman–Crippen LogP) is 3.51. The van der Waals surface area contributed by atoms with Crippen LogP contribution in [-0.4, -0.2) is 25.8 Å². The lowest BCUT2D eigenvalue weighted by Gasteiger charge is -2.51. The van der Waals surface area contributed by atoms with Gasteiger partial charge < -0.3 is 10.1 Å². The van der Waals surface area contributed by atoms with Gasteiger partial charge >= 0.3 is 0 Å². The van der Waals surface area contributed by atoms with Crippen LogP contribution in [-0.2, 0) is 10.2 Å². The van der Waals surface area contributed by atoms with Crippen LogP contribution in [0.2, 0.25) is 0 Å². The van der Waals surface area contributed by atoms with Gasteiger partial charge in [0.1, 0.15) is 0 Å². The lowest BCUT2D eigenvalue weighted by molar-refractivity contribution is 0.108. The molecule has 2 unspecified atom stereocenters. The van der Waals surface area contributed by atoms with E-state index in [0.29, 0.717) is 17.4 Å². The molecule has 0 aromatic heterocycles. The molecule has 2 atom stereocenters. The summed E-state index contributed by atoms with van der Waals surface area (Å²) in [5, 5.41) is 3.87. The summed E-state index contributed by atoms with van der Waals surface area (Å²) in [6.07, 6.45) is 6.45. The molecule has 1 aromatic rings. The Morgan fingerprint density at radius 3 is 2.65 bits per heavy atom. The smallest absolute Gasteiger partial charge is 0.0510 e. The van der Waals surface area contributed by atoms with Gasteiger partial charge in [-0.05, 0) is 37.8 Å². The lowest BCUT2D eigenvalue weighted by atomic mass is 9.57. The van der Waals surface area contributed by atoms with E-state index in [9.17, 15) is 0 Å². The summed E-state index contributed by atoms with van der Waals surface area (Å²) in [5.74, 6) is 0.682. The standard InChI is InChI=1S/C18H27NO/c1-2-12-19-17(15-9-13-20-14-15)18(10-6-11-18)16-7-4-3-5-8-16/h3-5,7-8,15,17,19H,2,6,9-14H2,1H3. The minimum atomic E-state index is 0.356. The predicted molar refractivity (Wildman–Crippen MR) is 83.0 cm³/mol. The molecule has 2 fully saturated rings. The van der Waals surface area contributed by atoms with Gasteiger partial charge in [0.05, 0.1) is 6.61 Å². The molecule has 0 radical (unpaired) electrons. The second-order valence-corrected chi connectivity index (χ2v) is 6.43. The first-order valence-corrected chi connectivity index (χ1v) is 8.23. The van der Waals surface area contributed by atoms with Crippen molar-refractivity contribution in [1.82, 2.24) is 5.32 Å². The molecule has 1 aliphatic heterocycles. The topological polar surface area (TPSA) is 21.3 Å². The van der Waals surface area contributed by atoms with Crippen molar-refractivity contribution in [3.05, 3.63) is 35.9 Å². The largest absolute Gasteiger partial charge is 0.381 e. The molecule has 0 amide bonds. The van der Waals surface area contributed by atoms with Gasteiger partial charge in [-0.25, -0.2) is 0 Å². The molecule has 2 heteroatoms. The van der Waals surface area contributed by atoms with Crippen LogP contribution in [0.4, 0.5) is 0 Å². The van der Waals surface area contributed by atoms with Gasteiger partial charge in [0.15, 0.2) is 0 Å². The number of rotatable bonds is 6. The maximum absolute atomic E-state index is 5.68. The summed E-state index contributed by atoms with van der Waals surface area (Å²) in [7, 11) is 0. The van der Waals surface area contributed by atoms with E-state index in [4.69, 9.17) is 4.74 Å². The fourth-order valence-electron chi connectivity index (χ4n) is 4.04. The third kappa shape index (κ3) is 2.51. The molecule has 1 aromatic carbocycles. The molecule has 110 valence electrons. The summed E-state index contributed by atoms with van der Waals surface area (Å²) in [5.41, 5.74) is 1.89. The highest BCUT2D eigenvalue weighted by atomic mass is 16.5. The SMILES string of the molecule is CCCNC(C1CCOC1)C1(c2ccccc2)CCC1. The van der Waals surface area contributed by atoms with Gasteiger partial charge in [-0.1, -0.05) is 43.7 Å². The number of hydrogen-bond acceptors (Lipinski definition) is 2. The zero-order chi connectivity index (χ0) is 13.8. The van der Waals surface area contributed by atoms with Gasteiger partial charge in [-0.15, -0.1) is 0 Å². The monoisotopic (exact) mass is 273 g/mol. The summed E-state index contributed by atoms with van der Waals surface area (Å²) < 4.78 is 5.68. The van der Waals surface area contributed by atoms with E-state index in [1.807, 2.05) is 0 Å². The fraction of sp³-hybridized carbons (Fsp3) is 0.667. The van der Waals surface area contributed by atoms with Crippen LogP contribution in [0.15, 0.2) is 30.3 Å². The first-order valence-electron chi connectivity index (χ1n) is 8.23. The minimum Gasteiger partial charge on any atom is -0.381 e. The van der Waals surface area contributed by atoms with E-state index < -0.39 is 0 Å². The summed E-state index contributed by atoms with van der Waals surface area (Å²) in [6, 6.07) is 11.8. The van der Waals surface area contributed by atoms with Crippen LogP contribution in [0.1, 0.15) is 44.6 Å². The zero-order valence-electron chi connectivity index (χ0n) is 12.6. The average Bonchev–Trinajstić information content (AvgIpc) is 2.96. The second kappa shape index (κ2) is 6.28. The number of nitrogens with one attached hydrogen (secondary N) is 1. The lowest BCUT2D eigenvalue weighted by Crippen LogP contribution is -2.56. The van der Waals surface area contributed by atoms with Crippen molar-refractivity contribution in [1.29, 1.82) is 0 Å². The highest BCUT2D eigenvalue weighted by Crippen LogP contribution is 2.49. The summed E-state index contributed by atoms with van der Waals surface area (Å²) in [6.45, 7) is 5.26. The maximum Gasteiger partial charge on any atom is 0.0510 e. The Bertz CT molecular complexity index is 407. The van der Waals surface area contributed by atoms with Gasteiger partial charge in [-0.2, -0.15) is 0 Å². The first kappa shape index (κ1) is 14.1. The van der Waals surface area contributed by atoms with Crippen molar-refractivity contribution in [3.63, 3.8) is 0 Å². The van der Waals surface area contributed by atoms with Crippen molar-refractivity contribution in [2.24, 2.45) is 5.92 Å². The molecule has 1 aliphatic carbocycles. The third-order valence-electron chi connectivity index (χ3n) is 5.24. The van der Waals surface area contributed by atoms with Gasteiger partial charge in [0.25, 0.3) is 0 Å². The highest BCUT2D eigenvalue weighted by molar-refractivity contribution is 5.31. The molecular formula is C18H27NO. The fourth-order valence-corrected chi connectivity index (χ4v) is 4.04. The van der Waals surface area contributed by atoms with Crippen LogP contribution in [0.5, 0.6) is 0 Å². The van der Waals surface area contributed by atoms with E-state index in [1.165, 1.54) is 37.7 Å². The Balaban J connectivity index is 1.86. The average molecular weight is 273 g/mol. The zero-order valence-corrected chi connectivity index (χ0v) is 12.6. The van der Waals surface area contributed by atoms with Crippen molar-refractivity contribution >= 4 is 0 Å². The Morgan fingerprint density at radius 2 is 2.10 bits per heavy atom. The van der Waals surface area contributed by atoms with E-state index in [-0.39, 0.29) is 0 Å². The molecule has 1 heterocycles. The molecule has 1 N–H and O–H groups in total. The molecule has 0 spiro atoms. The van der Waals surface area contributed by atoms with Crippen molar-refractivity contribution in [2.45, 2.75) is 50.5 Å². The number of ether oxygens (including phenoxy) is 1. The number of benzene rings is 1. The molecule has 2 nitrogen and oxygen atoms in total. The quantitative estimate of drug-likeness (QED) is 0.856. The van der Waals surface area contributed by atoms with Crippen molar-refractivity contribution in [2.75, 3.05) is 19.8 Å². The van der Waals surface area contributed by atoms with E-state index in [2.05, 4.69) is 42.6 Å². The van der Waals surface area contributed by atoms with Crippen LogP contribution in [0.25, 0.3) is 0 Å².